The van der Waals surface area contributed by atoms with E-state index in [9.17, 15) is 13.2 Å². The van der Waals surface area contributed by atoms with Crippen molar-refractivity contribution >= 4 is 15.6 Å². The fraction of sp³-hybridized carbons (Fsp3) is 0.875. The molecule has 4 heteroatoms. The summed E-state index contributed by atoms with van der Waals surface area (Å²) < 4.78 is 21.4. The number of hydrogen-bond donors (Lipinski definition) is 0. The largest absolute Gasteiger partial charge is 0.299 e. The Balaban J connectivity index is 3.88. The summed E-state index contributed by atoms with van der Waals surface area (Å²) in [5.41, 5.74) is 0. The van der Waals surface area contributed by atoms with Gasteiger partial charge in [-0.1, -0.05) is 13.8 Å². The predicted molar refractivity (Wildman–Crippen MR) is 48.8 cm³/mol. The zero-order chi connectivity index (χ0) is 9.78. The van der Waals surface area contributed by atoms with Gasteiger partial charge in [-0.15, -0.1) is 0 Å². The lowest BCUT2D eigenvalue weighted by Crippen LogP contribution is -2.15. The van der Waals surface area contributed by atoms with Gasteiger partial charge in [0.2, 0.25) is 0 Å². The number of carbonyl (C=O) groups excluding carboxylic acids is 1. The highest BCUT2D eigenvalue weighted by atomic mass is 32.2. The van der Waals surface area contributed by atoms with E-state index in [1.165, 1.54) is 0 Å². The van der Waals surface area contributed by atoms with E-state index >= 15 is 0 Å². The van der Waals surface area contributed by atoms with Crippen LogP contribution >= 0.6 is 0 Å². The molecule has 0 N–H and O–H groups in total. The smallest absolute Gasteiger partial charge is 0.147 e. The molecule has 0 bridgehead atoms. The van der Waals surface area contributed by atoms with Gasteiger partial charge in [-0.25, -0.2) is 8.42 Å². The lowest BCUT2D eigenvalue weighted by molar-refractivity contribution is -0.122. The molecule has 0 aromatic rings. The summed E-state index contributed by atoms with van der Waals surface area (Å²) in [5, 5.41) is 0. The standard InChI is InChI=1S/C8H16O3S/c1-4-7(2)8(9)5-6-12(3,10)11/h7H,4-6H2,1-3H3. The molecule has 0 fully saturated rings. The van der Waals surface area contributed by atoms with Crippen LogP contribution in [0.2, 0.25) is 0 Å². The van der Waals surface area contributed by atoms with E-state index in [0.29, 0.717) is 0 Å². The highest BCUT2D eigenvalue weighted by Gasteiger charge is 2.12. The summed E-state index contributed by atoms with van der Waals surface area (Å²) in [4.78, 5) is 11.2. The van der Waals surface area contributed by atoms with Gasteiger partial charge < -0.3 is 0 Å². The van der Waals surface area contributed by atoms with Gasteiger partial charge in [0.25, 0.3) is 0 Å². The van der Waals surface area contributed by atoms with Crippen molar-refractivity contribution in [2.24, 2.45) is 5.92 Å². The summed E-state index contributed by atoms with van der Waals surface area (Å²) in [7, 11) is -2.98. The summed E-state index contributed by atoms with van der Waals surface area (Å²) in [6, 6.07) is 0. The molecule has 12 heavy (non-hydrogen) atoms. The third kappa shape index (κ3) is 5.29. The first kappa shape index (κ1) is 11.6. The molecule has 0 spiro atoms. The number of ketones is 1. The molecule has 0 rings (SSSR count). The molecule has 3 nitrogen and oxygen atoms in total. The van der Waals surface area contributed by atoms with Crippen molar-refractivity contribution < 1.29 is 13.2 Å². The summed E-state index contributed by atoms with van der Waals surface area (Å²) in [6.07, 6.45) is 2.09. The Morgan fingerprint density at radius 3 is 2.25 bits per heavy atom. The van der Waals surface area contributed by atoms with Crippen molar-refractivity contribution in [2.45, 2.75) is 26.7 Å². The van der Waals surface area contributed by atoms with Gasteiger partial charge in [-0.05, 0) is 6.42 Å². The second-order valence-electron chi connectivity index (χ2n) is 3.16. The van der Waals surface area contributed by atoms with Crippen molar-refractivity contribution in [1.29, 1.82) is 0 Å². The van der Waals surface area contributed by atoms with E-state index in [4.69, 9.17) is 0 Å². The molecular weight excluding hydrogens is 176 g/mol. The molecule has 0 heterocycles. The number of sulfone groups is 1. The van der Waals surface area contributed by atoms with Crippen molar-refractivity contribution in [3.63, 3.8) is 0 Å². The molecule has 0 aliphatic heterocycles. The van der Waals surface area contributed by atoms with Crippen molar-refractivity contribution in [3.05, 3.63) is 0 Å². The monoisotopic (exact) mass is 192 g/mol. The molecule has 1 unspecified atom stereocenters. The van der Waals surface area contributed by atoms with E-state index in [0.717, 1.165) is 12.7 Å². The molecule has 0 saturated heterocycles. The Hall–Kier alpha value is -0.380. The van der Waals surface area contributed by atoms with E-state index in [-0.39, 0.29) is 23.9 Å². The molecule has 72 valence electrons. The van der Waals surface area contributed by atoms with Gasteiger partial charge in [0.05, 0.1) is 5.75 Å². The van der Waals surface area contributed by atoms with Crippen LogP contribution in [0.25, 0.3) is 0 Å². The van der Waals surface area contributed by atoms with Crippen LogP contribution in [0.4, 0.5) is 0 Å². The minimum atomic E-state index is -2.98. The molecule has 0 aromatic heterocycles. The number of Topliss-reactive ketones (excluding diaryl/α,β-unsaturated/α-hetero) is 1. The maximum atomic E-state index is 11.2. The quantitative estimate of drug-likeness (QED) is 0.654. The molecule has 0 aliphatic carbocycles. The van der Waals surface area contributed by atoms with E-state index < -0.39 is 9.84 Å². The van der Waals surface area contributed by atoms with E-state index in [1.807, 2.05) is 13.8 Å². The fourth-order valence-electron chi connectivity index (χ4n) is 0.760. The number of hydrogen-bond acceptors (Lipinski definition) is 3. The summed E-state index contributed by atoms with van der Waals surface area (Å²) in [5.74, 6) is 0.0191. The normalized spacial score (nSPS) is 14.2. The van der Waals surface area contributed by atoms with Crippen LogP contribution in [0.15, 0.2) is 0 Å². The summed E-state index contributed by atoms with van der Waals surface area (Å²) >= 11 is 0. The Labute approximate surface area is 74.1 Å². The zero-order valence-corrected chi connectivity index (χ0v) is 8.65. The highest BCUT2D eigenvalue weighted by molar-refractivity contribution is 7.90. The summed E-state index contributed by atoms with van der Waals surface area (Å²) in [6.45, 7) is 3.74. The van der Waals surface area contributed by atoms with Gasteiger partial charge in [-0.2, -0.15) is 0 Å². The van der Waals surface area contributed by atoms with Crippen molar-refractivity contribution in [2.75, 3.05) is 12.0 Å². The molecule has 1 atom stereocenters. The van der Waals surface area contributed by atoms with Crippen LogP contribution in [-0.2, 0) is 14.6 Å². The van der Waals surface area contributed by atoms with Gasteiger partial charge in [0, 0.05) is 18.6 Å². The first-order valence-electron chi connectivity index (χ1n) is 4.07. The maximum Gasteiger partial charge on any atom is 0.147 e. The predicted octanol–water partition coefficient (Wildman–Crippen LogP) is 1.04. The fourth-order valence-corrected chi connectivity index (χ4v) is 1.33. The third-order valence-corrected chi connectivity index (χ3v) is 2.83. The molecule has 0 aliphatic rings. The van der Waals surface area contributed by atoms with Crippen LogP contribution in [0, 0.1) is 5.92 Å². The van der Waals surface area contributed by atoms with Crippen LogP contribution in [0.3, 0.4) is 0 Å². The van der Waals surface area contributed by atoms with Crippen molar-refractivity contribution in [3.8, 4) is 0 Å². The van der Waals surface area contributed by atoms with Gasteiger partial charge in [0.15, 0.2) is 0 Å². The molecule has 0 aromatic carbocycles. The Kier molecular flexibility index (Phi) is 4.45. The second kappa shape index (κ2) is 4.60. The van der Waals surface area contributed by atoms with Crippen LogP contribution in [0.1, 0.15) is 26.7 Å². The third-order valence-electron chi connectivity index (χ3n) is 1.88. The van der Waals surface area contributed by atoms with Crippen LogP contribution < -0.4 is 0 Å². The van der Waals surface area contributed by atoms with Crippen LogP contribution in [0.5, 0.6) is 0 Å². The average Bonchev–Trinajstić information content (AvgIpc) is 1.97. The average molecular weight is 192 g/mol. The maximum absolute atomic E-state index is 11.2. The number of carbonyl (C=O) groups is 1. The lowest BCUT2D eigenvalue weighted by Gasteiger charge is -2.05. The second-order valence-corrected chi connectivity index (χ2v) is 5.42. The molecular formula is C8H16O3S. The first-order chi connectivity index (χ1) is 5.37. The van der Waals surface area contributed by atoms with E-state index in [2.05, 4.69) is 0 Å². The van der Waals surface area contributed by atoms with Gasteiger partial charge >= 0.3 is 0 Å². The Bertz CT molecular complexity index is 241. The zero-order valence-electron chi connectivity index (χ0n) is 7.83. The van der Waals surface area contributed by atoms with Crippen molar-refractivity contribution in [1.82, 2.24) is 0 Å². The Morgan fingerprint density at radius 2 is 1.92 bits per heavy atom. The Morgan fingerprint density at radius 1 is 1.42 bits per heavy atom. The highest BCUT2D eigenvalue weighted by Crippen LogP contribution is 2.05. The molecule has 0 amide bonds. The minimum Gasteiger partial charge on any atom is -0.299 e. The topological polar surface area (TPSA) is 51.2 Å². The van der Waals surface area contributed by atoms with Crippen LogP contribution in [-0.4, -0.2) is 26.2 Å². The van der Waals surface area contributed by atoms with E-state index in [1.54, 1.807) is 0 Å². The lowest BCUT2D eigenvalue weighted by atomic mass is 10.0. The van der Waals surface area contributed by atoms with Gasteiger partial charge in [0.1, 0.15) is 15.6 Å². The molecule has 0 radical (unpaired) electrons. The molecule has 0 saturated carbocycles. The number of rotatable bonds is 5. The minimum absolute atomic E-state index is 0.00764. The SMILES string of the molecule is CCC(C)C(=O)CCS(C)(=O)=O. The van der Waals surface area contributed by atoms with Gasteiger partial charge in [-0.3, -0.25) is 4.79 Å². The first-order valence-corrected chi connectivity index (χ1v) is 6.13.